The summed E-state index contributed by atoms with van der Waals surface area (Å²) >= 11 is 0. The maximum atomic E-state index is 6.15. The molecule has 0 unspecified atom stereocenters. The zero-order valence-electron chi connectivity index (χ0n) is 8.52. The molecule has 0 saturated heterocycles. The van der Waals surface area contributed by atoms with E-state index in [1.165, 1.54) is 51.4 Å². The Morgan fingerprint density at radius 3 is 2.38 bits per heavy atom. The van der Waals surface area contributed by atoms with Crippen molar-refractivity contribution in [2.75, 3.05) is 6.54 Å². The van der Waals surface area contributed by atoms with Crippen LogP contribution in [0.2, 0.25) is 0 Å². The van der Waals surface area contributed by atoms with Gasteiger partial charge in [-0.2, -0.15) is 0 Å². The van der Waals surface area contributed by atoms with Gasteiger partial charge in [0.2, 0.25) is 0 Å². The maximum absolute atomic E-state index is 6.15. The van der Waals surface area contributed by atoms with Gasteiger partial charge in [-0.3, -0.25) is 0 Å². The largest absolute Gasteiger partial charge is 0.325 e. The zero-order valence-corrected chi connectivity index (χ0v) is 8.52. The van der Waals surface area contributed by atoms with Crippen molar-refractivity contribution in [3.8, 4) is 0 Å². The Kier molecular flexibility index (Phi) is 2.89. The summed E-state index contributed by atoms with van der Waals surface area (Å²) in [6, 6.07) is 0.809. The van der Waals surface area contributed by atoms with Gasteiger partial charge in [0, 0.05) is 11.6 Å². The second-order valence-electron chi connectivity index (χ2n) is 4.90. The SMILES string of the molecule is NC1(CCNC2CCCC2)CCC1. The molecule has 2 heteroatoms. The summed E-state index contributed by atoms with van der Waals surface area (Å²) in [6.07, 6.45) is 10.6. The minimum absolute atomic E-state index is 0.214. The predicted octanol–water partition coefficient (Wildman–Crippen LogP) is 1.79. The van der Waals surface area contributed by atoms with Crippen LogP contribution in [0.15, 0.2) is 0 Å². The zero-order chi connectivity index (χ0) is 9.15. The first-order valence-corrected chi connectivity index (χ1v) is 5.81. The summed E-state index contributed by atoms with van der Waals surface area (Å²) in [4.78, 5) is 0. The Balaban J connectivity index is 1.57. The summed E-state index contributed by atoms with van der Waals surface area (Å²) in [6.45, 7) is 1.14. The fourth-order valence-corrected chi connectivity index (χ4v) is 2.54. The molecule has 13 heavy (non-hydrogen) atoms. The maximum Gasteiger partial charge on any atom is 0.0166 e. The lowest BCUT2D eigenvalue weighted by Crippen LogP contribution is -2.48. The van der Waals surface area contributed by atoms with Crippen LogP contribution in [0.1, 0.15) is 51.4 Å². The van der Waals surface area contributed by atoms with Gasteiger partial charge in [-0.15, -0.1) is 0 Å². The van der Waals surface area contributed by atoms with Crippen LogP contribution in [-0.2, 0) is 0 Å². The van der Waals surface area contributed by atoms with Gasteiger partial charge in [0.1, 0.15) is 0 Å². The molecule has 2 rings (SSSR count). The Morgan fingerprint density at radius 2 is 1.85 bits per heavy atom. The molecular formula is C11H22N2. The van der Waals surface area contributed by atoms with Gasteiger partial charge in [0.15, 0.2) is 0 Å². The Labute approximate surface area is 81.3 Å². The van der Waals surface area contributed by atoms with Gasteiger partial charge in [-0.1, -0.05) is 12.8 Å². The highest BCUT2D eigenvalue weighted by Gasteiger charge is 2.31. The van der Waals surface area contributed by atoms with E-state index in [9.17, 15) is 0 Å². The molecule has 0 aromatic heterocycles. The summed E-state index contributed by atoms with van der Waals surface area (Å²) in [5.74, 6) is 0. The monoisotopic (exact) mass is 182 g/mol. The molecule has 3 N–H and O–H groups in total. The summed E-state index contributed by atoms with van der Waals surface area (Å²) in [5.41, 5.74) is 6.36. The summed E-state index contributed by atoms with van der Waals surface area (Å²) in [7, 11) is 0. The number of nitrogens with one attached hydrogen (secondary N) is 1. The van der Waals surface area contributed by atoms with E-state index in [0.29, 0.717) is 0 Å². The lowest BCUT2D eigenvalue weighted by Gasteiger charge is -2.38. The lowest BCUT2D eigenvalue weighted by molar-refractivity contribution is 0.227. The molecule has 2 saturated carbocycles. The van der Waals surface area contributed by atoms with Crippen molar-refractivity contribution in [3.05, 3.63) is 0 Å². The van der Waals surface area contributed by atoms with Crippen LogP contribution >= 0.6 is 0 Å². The fourth-order valence-electron chi connectivity index (χ4n) is 2.54. The first-order chi connectivity index (χ1) is 6.29. The molecule has 0 aliphatic heterocycles. The van der Waals surface area contributed by atoms with Gasteiger partial charge in [0.05, 0.1) is 0 Å². The molecule has 0 aromatic carbocycles. The molecule has 2 aliphatic rings. The second kappa shape index (κ2) is 3.97. The van der Waals surface area contributed by atoms with Crippen molar-refractivity contribution in [1.29, 1.82) is 0 Å². The third-order valence-corrected chi connectivity index (χ3v) is 3.76. The molecule has 2 fully saturated rings. The van der Waals surface area contributed by atoms with Crippen LogP contribution in [0.3, 0.4) is 0 Å². The van der Waals surface area contributed by atoms with Crippen molar-refractivity contribution in [1.82, 2.24) is 5.32 Å². The third-order valence-electron chi connectivity index (χ3n) is 3.76. The minimum atomic E-state index is 0.214. The quantitative estimate of drug-likeness (QED) is 0.695. The average Bonchev–Trinajstić information content (AvgIpc) is 2.54. The second-order valence-corrected chi connectivity index (χ2v) is 4.90. The normalized spacial score (nSPS) is 27.5. The van der Waals surface area contributed by atoms with E-state index < -0.39 is 0 Å². The van der Waals surface area contributed by atoms with Crippen molar-refractivity contribution >= 4 is 0 Å². The summed E-state index contributed by atoms with van der Waals surface area (Å²) in [5, 5.41) is 3.63. The number of hydrogen-bond acceptors (Lipinski definition) is 2. The standard InChI is InChI=1S/C11H22N2/c12-11(6-3-7-11)8-9-13-10-4-1-2-5-10/h10,13H,1-9,12H2. The average molecular weight is 182 g/mol. The molecule has 76 valence electrons. The topological polar surface area (TPSA) is 38.0 Å². The molecular weight excluding hydrogens is 160 g/mol. The lowest BCUT2D eigenvalue weighted by atomic mass is 9.75. The Bertz CT molecular complexity index is 157. The Morgan fingerprint density at radius 1 is 1.15 bits per heavy atom. The molecule has 0 heterocycles. The number of nitrogens with two attached hydrogens (primary N) is 1. The number of rotatable bonds is 4. The van der Waals surface area contributed by atoms with Gasteiger partial charge in [-0.05, 0) is 45.1 Å². The number of hydrogen-bond donors (Lipinski definition) is 2. The van der Waals surface area contributed by atoms with Gasteiger partial charge < -0.3 is 11.1 Å². The minimum Gasteiger partial charge on any atom is -0.325 e. The van der Waals surface area contributed by atoms with E-state index in [1.807, 2.05) is 0 Å². The third kappa shape index (κ3) is 2.44. The van der Waals surface area contributed by atoms with Crippen LogP contribution in [0, 0.1) is 0 Å². The van der Waals surface area contributed by atoms with Crippen molar-refractivity contribution in [3.63, 3.8) is 0 Å². The molecule has 0 spiro atoms. The van der Waals surface area contributed by atoms with Crippen LogP contribution < -0.4 is 11.1 Å². The van der Waals surface area contributed by atoms with Crippen LogP contribution in [0.5, 0.6) is 0 Å². The fraction of sp³-hybridized carbons (Fsp3) is 1.00. The smallest absolute Gasteiger partial charge is 0.0166 e. The highest BCUT2D eigenvalue weighted by Crippen LogP contribution is 2.31. The summed E-state index contributed by atoms with van der Waals surface area (Å²) < 4.78 is 0. The Hall–Kier alpha value is -0.0800. The molecule has 0 amide bonds. The van der Waals surface area contributed by atoms with Crippen molar-refractivity contribution in [2.45, 2.75) is 62.9 Å². The van der Waals surface area contributed by atoms with Crippen LogP contribution in [-0.4, -0.2) is 18.1 Å². The highest BCUT2D eigenvalue weighted by molar-refractivity contribution is 4.93. The molecule has 0 bridgehead atoms. The van der Waals surface area contributed by atoms with Crippen molar-refractivity contribution in [2.24, 2.45) is 5.73 Å². The van der Waals surface area contributed by atoms with Crippen molar-refractivity contribution < 1.29 is 0 Å². The first-order valence-electron chi connectivity index (χ1n) is 5.81. The molecule has 2 nitrogen and oxygen atoms in total. The molecule has 0 atom stereocenters. The van der Waals surface area contributed by atoms with E-state index in [4.69, 9.17) is 5.73 Å². The van der Waals surface area contributed by atoms with Crippen LogP contribution in [0.4, 0.5) is 0 Å². The van der Waals surface area contributed by atoms with Gasteiger partial charge in [-0.25, -0.2) is 0 Å². The van der Waals surface area contributed by atoms with Crippen LogP contribution in [0.25, 0.3) is 0 Å². The molecule has 0 radical (unpaired) electrons. The first kappa shape index (κ1) is 9.47. The van der Waals surface area contributed by atoms with E-state index in [1.54, 1.807) is 0 Å². The highest BCUT2D eigenvalue weighted by atomic mass is 14.9. The van der Waals surface area contributed by atoms with Gasteiger partial charge in [0.25, 0.3) is 0 Å². The van der Waals surface area contributed by atoms with E-state index in [2.05, 4.69) is 5.32 Å². The molecule has 0 aromatic rings. The molecule has 2 aliphatic carbocycles. The van der Waals surface area contributed by atoms with E-state index in [-0.39, 0.29) is 5.54 Å². The van der Waals surface area contributed by atoms with E-state index in [0.717, 1.165) is 12.6 Å². The van der Waals surface area contributed by atoms with Gasteiger partial charge >= 0.3 is 0 Å². The predicted molar refractivity (Wildman–Crippen MR) is 55.6 cm³/mol. The van der Waals surface area contributed by atoms with E-state index >= 15 is 0 Å².